The molecule has 3 heteroatoms. The Kier molecular flexibility index (Phi) is 8.69. The van der Waals surface area contributed by atoms with Gasteiger partial charge in [-0.05, 0) is 0 Å². The van der Waals surface area contributed by atoms with Gasteiger partial charge in [0.15, 0.2) is 0 Å². The second kappa shape index (κ2) is 7.40. The number of rotatable bonds is 1. The zero-order valence-corrected chi connectivity index (χ0v) is 7.31. The van der Waals surface area contributed by atoms with E-state index in [0.717, 1.165) is 5.56 Å². The minimum atomic E-state index is 0. The van der Waals surface area contributed by atoms with Gasteiger partial charge in [0.1, 0.15) is 0 Å². The highest BCUT2D eigenvalue weighted by atomic mass is 35.5. The standard InChI is InChI=1S/C8H7N.2ClH/c1-9-7-8-5-3-2-4-6-8;;/h2-6H,7H2;2*1H/p-2. The van der Waals surface area contributed by atoms with Gasteiger partial charge < -0.3 is 29.7 Å². The molecule has 0 saturated heterocycles. The van der Waals surface area contributed by atoms with Crippen LogP contribution in [-0.4, -0.2) is 0 Å². The summed E-state index contributed by atoms with van der Waals surface area (Å²) in [7, 11) is 0. The average Bonchev–Trinajstić information content (AvgIpc) is 1.91. The summed E-state index contributed by atoms with van der Waals surface area (Å²) in [4.78, 5) is 3.26. The van der Waals surface area contributed by atoms with Crippen molar-refractivity contribution in [3.05, 3.63) is 47.3 Å². The number of hydrogen-bond donors (Lipinski definition) is 0. The van der Waals surface area contributed by atoms with Crippen LogP contribution in [0.5, 0.6) is 0 Å². The number of hydrogen-bond acceptors (Lipinski definition) is 0. The van der Waals surface area contributed by atoms with E-state index in [1.165, 1.54) is 0 Å². The van der Waals surface area contributed by atoms with E-state index < -0.39 is 0 Å². The zero-order chi connectivity index (χ0) is 6.53. The lowest BCUT2D eigenvalue weighted by Gasteiger charge is -1.85. The molecule has 0 heterocycles. The summed E-state index contributed by atoms with van der Waals surface area (Å²) in [5.74, 6) is 0. The van der Waals surface area contributed by atoms with E-state index in [1.54, 1.807) is 0 Å². The topological polar surface area (TPSA) is 4.36 Å². The molecule has 0 N–H and O–H groups in total. The first-order chi connectivity index (χ1) is 4.43. The number of benzene rings is 1. The summed E-state index contributed by atoms with van der Waals surface area (Å²) in [6.07, 6.45) is 0. The Morgan fingerprint density at radius 2 is 1.64 bits per heavy atom. The molecule has 0 aliphatic carbocycles. The zero-order valence-electron chi connectivity index (χ0n) is 5.80. The molecular formula is C8H7Cl2N-2. The van der Waals surface area contributed by atoms with E-state index in [1.807, 2.05) is 30.3 Å². The van der Waals surface area contributed by atoms with E-state index in [0.29, 0.717) is 6.54 Å². The Bertz CT molecular complexity index is 215. The second-order valence-electron chi connectivity index (χ2n) is 1.80. The van der Waals surface area contributed by atoms with E-state index in [2.05, 4.69) is 4.85 Å². The normalized spacial score (nSPS) is 6.82. The minimum absolute atomic E-state index is 0. The molecule has 1 aromatic rings. The van der Waals surface area contributed by atoms with Crippen LogP contribution in [0.4, 0.5) is 0 Å². The average molecular weight is 188 g/mol. The molecule has 60 valence electrons. The van der Waals surface area contributed by atoms with Crippen molar-refractivity contribution >= 4 is 0 Å². The third-order valence-electron chi connectivity index (χ3n) is 1.10. The maximum absolute atomic E-state index is 6.57. The molecule has 0 amide bonds. The van der Waals surface area contributed by atoms with Crippen LogP contribution in [0.1, 0.15) is 5.56 Å². The van der Waals surface area contributed by atoms with Crippen LogP contribution in [0.2, 0.25) is 0 Å². The second-order valence-corrected chi connectivity index (χ2v) is 1.80. The summed E-state index contributed by atoms with van der Waals surface area (Å²) in [5, 5.41) is 0. The molecule has 0 radical (unpaired) electrons. The molecule has 0 aromatic heterocycles. The van der Waals surface area contributed by atoms with Crippen LogP contribution in [0.15, 0.2) is 30.3 Å². The van der Waals surface area contributed by atoms with Crippen molar-refractivity contribution < 1.29 is 24.8 Å². The van der Waals surface area contributed by atoms with Gasteiger partial charge >= 0.3 is 0 Å². The van der Waals surface area contributed by atoms with E-state index in [-0.39, 0.29) is 24.8 Å². The summed E-state index contributed by atoms with van der Waals surface area (Å²) < 4.78 is 0. The lowest BCUT2D eigenvalue weighted by atomic mass is 10.2. The van der Waals surface area contributed by atoms with E-state index in [9.17, 15) is 0 Å². The van der Waals surface area contributed by atoms with Gasteiger partial charge in [-0.25, -0.2) is 6.57 Å². The van der Waals surface area contributed by atoms with Crippen molar-refractivity contribution in [3.8, 4) is 0 Å². The van der Waals surface area contributed by atoms with Crippen LogP contribution < -0.4 is 24.8 Å². The lowest BCUT2D eigenvalue weighted by molar-refractivity contribution is -0.001000. The van der Waals surface area contributed by atoms with Gasteiger partial charge in [-0.15, -0.1) is 0 Å². The van der Waals surface area contributed by atoms with Gasteiger partial charge in [0, 0.05) is 5.56 Å². The Morgan fingerprint density at radius 1 is 1.09 bits per heavy atom. The monoisotopic (exact) mass is 187 g/mol. The molecule has 0 aliphatic rings. The summed E-state index contributed by atoms with van der Waals surface area (Å²) in [6.45, 7) is 7.07. The van der Waals surface area contributed by atoms with Crippen LogP contribution >= 0.6 is 0 Å². The number of nitrogens with zero attached hydrogens (tertiary/aromatic N) is 1. The highest BCUT2D eigenvalue weighted by molar-refractivity contribution is 5.15. The maximum Gasteiger partial charge on any atom is 0.239 e. The molecule has 1 rings (SSSR count). The highest BCUT2D eigenvalue weighted by Crippen LogP contribution is 1.98. The fourth-order valence-electron chi connectivity index (χ4n) is 0.675. The van der Waals surface area contributed by atoms with Gasteiger partial charge in [0.05, 0.1) is 0 Å². The molecule has 0 spiro atoms. The Morgan fingerprint density at radius 3 is 2.09 bits per heavy atom. The molecular weight excluding hydrogens is 181 g/mol. The molecule has 1 nitrogen and oxygen atoms in total. The third-order valence-corrected chi connectivity index (χ3v) is 1.10. The Labute approximate surface area is 79.1 Å². The summed E-state index contributed by atoms with van der Waals surface area (Å²) >= 11 is 0. The third kappa shape index (κ3) is 4.66. The van der Waals surface area contributed by atoms with Crippen molar-refractivity contribution in [2.75, 3.05) is 0 Å². The van der Waals surface area contributed by atoms with Crippen molar-refractivity contribution in [1.82, 2.24) is 0 Å². The van der Waals surface area contributed by atoms with E-state index in [4.69, 9.17) is 6.57 Å². The quantitative estimate of drug-likeness (QED) is 0.397. The van der Waals surface area contributed by atoms with Crippen molar-refractivity contribution in [1.29, 1.82) is 0 Å². The smallest absolute Gasteiger partial charge is 0.239 e. The van der Waals surface area contributed by atoms with Crippen molar-refractivity contribution in [2.45, 2.75) is 6.54 Å². The molecule has 1 aromatic carbocycles. The van der Waals surface area contributed by atoms with Crippen LogP contribution in [-0.2, 0) is 6.54 Å². The Balaban J connectivity index is 0. The SMILES string of the molecule is [C-]#[N+]Cc1ccccc1.[Cl-].[Cl-]. The molecule has 0 bridgehead atoms. The van der Waals surface area contributed by atoms with Gasteiger partial charge in [0.25, 0.3) is 0 Å². The lowest BCUT2D eigenvalue weighted by Crippen LogP contribution is -3.00. The first kappa shape index (κ1) is 12.9. The fourth-order valence-corrected chi connectivity index (χ4v) is 0.675. The van der Waals surface area contributed by atoms with Crippen LogP contribution in [0, 0.1) is 6.57 Å². The summed E-state index contributed by atoms with van der Waals surface area (Å²) in [6, 6.07) is 9.75. The molecule has 0 unspecified atom stereocenters. The first-order valence-electron chi connectivity index (χ1n) is 2.80. The number of halogens is 2. The molecule has 0 aliphatic heterocycles. The van der Waals surface area contributed by atoms with Gasteiger partial charge in [0.2, 0.25) is 6.54 Å². The molecule has 0 saturated carbocycles. The highest BCUT2D eigenvalue weighted by Gasteiger charge is 1.88. The largest absolute Gasteiger partial charge is 1.00 e. The fraction of sp³-hybridized carbons (Fsp3) is 0.125. The predicted molar refractivity (Wildman–Crippen MR) is 36.7 cm³/mol. The van der Waals surface area contributed by atoms with Gasteiger partial charge in [-0.1, -0.05) is 30.3 Å². The minimum Gasteiger partial charge on any atom is -1.00 e. The predicted octanol–water partition coefficient (Wildman–Crippen LogP) is -3.89. The van der Waals surface area contributed by atoms with Crippen LogP contribution in [0.25, 0.3) is 4.85 Å². The van der Waals surface area contributed by atoms with Gasteiger partial charge in [-0.3, -0.25) is 0 Å². The van der Waals surface area contributed by atoms with Crippen molar-refractivity contribution in [2.24, 2.45) is 0 Å². The Hall–Kier alpha value is -0.710. The van der Waals surface area contributed by atoms with Crippen molar-refractivity contribution in [3.63, 3.8) is 0 Å². The molecule has 0 fully saturated rings. The molecule has 0 atom stereocenters. The molecule has 11 heavy (non-hydrogen) atoms. The van der Waals surface area contributed by atoms with Crippen LogP contribution in [0.3, 0.4) is 0 Å². The van der Waals surface area contributed by atoms with Gasteiger partial charge in [-0.2, -0.15) is 0 Å². The summed E-state index contributed by atoms with van der Waals surface area (Å²) in [5.41, 5.74) is 1.09. The first-order valence-corrected chi connectivity index (χ1v) is 2.80. The maximum atomic E-state index is 6.57. The van der Waals surface area contributed by atoms with E-state index >= 15 is 0 Å².